The van der Waals surface area contributed by atoms with Crippen molar-refractivity contribution in [2.24, 2.45) is 17.6 Å². The molecule has 0 saturated heterocycles. The molecule has 0 amide bonds. The smallest absolute Gasteiger partial charge is 0.00464 e. The third-order valence-electron chi connectivity index (χ3n) is 2.17. The predicted octanol–water partition coefficient (Wildman–Crippen LogP) is 2.41. The van der Waals surface area contributed by atoms with E-state index in [2.05, 4.69) is 20.8 Å². The summed E-state index contributed by atoms with van der Waals surface area (Å²) in [5.41, 5.74) is 5.61. The minimum atomic E-state index is 0.750. The van der Waals surface area contributed by atoms with E-state index in [4.69, 9.17) is 5.73 Å². The van der Waals surface area contributed by atoms with E-state index >= 15 is 0 Å². The molecule has 0 aromatic heterocycles. The van der Waals surface area contributed by atoms with Crippen LogP contribution in [0.25, 0.3) is 0 Å². The van der Waals surface area contributed by atoms with Gasteiger partial charge in [0.15, 0.2) is 0 Å². The molecule has 1 nitrogen and oxygen atoms in total. The van der Waals surface area contributed by atoms with E-state index in [1.165, 1.54) is 19.3 Å². The standard InChI is InChI=1S/C9H21N/c1-4-5-6-9(7-10)8(2)3/h8-9H,4-7,10H2,1-3H3. The van der Waals surface area contributed by atoms with Gasteiger partial charge in [0.05, 0.1) is 0 Å². The van der Waals surface area contributed by atoms with Gasteiger partial charge >= 0.3 is 0 Å². The molecule has 0 fully saturated rings. The van der Waals surface area contributed by atoms with E-state index in [0.29, 0.717) is 0 Å². The average Bonchev–Trinajstić information content (AvgIpc) is 1.89. The van der Waals surface area contributed by atoms with Crippen LogP contribution in [-0.2, 0) is 0 Å². The summed E-state index contributed by atoms with van der Waals surface area (Å²) in [5.74, 6) is 1.51. The van der Waals surface area contributed by atoms with Crippen LogP contribution < -0.4 is 5.73 Å². The Hall–Kier alpha value is -0.0400. The van der Waals surface area contributed by atoms with E-state index in [-0.39, 0.29) is 0 Å². The SMILES string of the molecule is CCCCC(CN)C(C)C. The van der Waals surface area contributed by atoms with Crippen LogP contribution in [0.4, 0.5) is 0 Å². The topological polar surface area (TPSA) is 26.0 Å². The monoisotopic (exact) mass is 143 g/mol. The lowest BCUT2D eigenvalue weighted by molar-refractivity contribution is 0.359. The molecule has 0 aromatic rings. The highest BCUT2D eigenvalue weighted by molar-refractivity contribution is 4.62. The van der Waals surface area contributed by atoms with Gasteiger partial charge in [-0.2, -0.15) is 0 Å². The molecule has 2 N–H and O–H groups in total. The van der Waals surface area contributed by atoms with Crippen molar-refractivity contribution in [1.82, 2.24) is 0 Å². The molecule has 0 rings (SSSR count). The summed E-state index contributed by atoms with van der Waals surface area (Å²) < 4.78 is 0. The van der Waals surface area contributed by atoms with Gasteiger partial charge in [-0.05, 0) is 24.8 Å². The number of hydrogen-bond acceptors (Lipinski definition) is 1. The van der Waals surface area contributed by atoms with Crippen molar-refractivity contribution in [2.45, 2.75) is 40.0 Å². The van der Waals surface area contributed by atoms with Crippen LogP contribution in [0.1, 0.15) is 40.0 Å². The lowest BCUT2D eigenvalue weighted by Gasteiger charge is -2.17. The van der Waals surface area contributed by atoms with Gasteiger partial charge in [0, 0.05) is 0 Å². The first-order valence-electron chi connectivity index (χ1n) is 4.42. The fourth-order valence-corrected chi connectivity index (χ4v) is 1.19. The van der Waals surface area contributed by atoms with Gasteiger partial charge in [-0.25, -0.2) is 0 Å². The van der Waals surface area contributed by atoms with Crippen LogP contribution >= 0.6 is 0 Å². The minimum absolute atomic E-state index is 0.750. The molecule has 62 valence electrons. The zero-order valence-electron chi connectivity index (χ0n) is 7.56. The molecule has 1 unspecified atom stereocenters. The largest absolute Gasteiger partial charge is 0.330 e. The second kappa shape index (κ2) is 5.72. The normalized spacial score (nSPS) is 14.1. The first kappa shape index (κ1) is 9.96. The Morgan fingerprint density at radius 3 is 2.20 bits per heavy atom. The summed E-state index contributed by atoms with van der Waals surface area (Å²) in [6.45, 7) is 7.60. The predicted molar refractivity (Wildman–Crippen MR) is 46.9 cm³/mol. The summed E-state index contributed by atoms with van der Waals surface area (Å²) in [5, 5.41) is 0. The van der Waals surface area contributed by atoms with Gasteiger partial charge in [-0.1, -0.05) is 33.6 Å². The molecular weight excluding hydrogens is 122 g/mol. The Morgan fingerprint density at radius 2 is 1.90 bits per heavy atom. The van der Waals surface area contributed by atoms with Crippen molar-refractivity contribution in [3.63, 3.8) is 0 Å². The van der Waals surface area contributed by atoms with Crippen molar-refractivity contribution >= 4 is 0 Å². The van der Waals surface area contributed by atoms with Crippen molar-refractivity contribution in [3.05, 3.63) is 0 Å². The summed E-state index contributed by atoms with van der Waals surface area (Å²) in [4.78, 5) is 0. The van der Waals surface area contributed by atoms with Gasteiger partial charge in [0.1, 0.15) is 0 Å². The van der Waals surface area contributed by atoms with Crippen molar-refractivity contribution < 1.29 is 0 Å². The summed E-state index contributed by atoms with van der Waals surface area (Å²) in [6, 6.07) is 0. The van der Waals surface area contributed by atoms with E-state index in [0.717, 1.165) is 18.4 Å². The zero-order chi connectivity index (χ0) is 7.98. The number of rotatable bonds is 5. The maximum atomic E-state index is 5.61. The molecule has 0 aliphatic rings. The van der Waals surface area contributed by atoms with Gasteiger partial charge in [0.2, 0.25) is 0 Å². The van der Waals surface area contributed by atoms with Crippen molar-refractivity contribution in [3.8, 4) is 0 Å². The molecule has 0 heterocycles. The van der Waals surface area contributed by atoms with Crippen LogP contribution in [0.15, 0.2) is 0 Å². The lowest BCUT2D eigenvalue weighted by Crippen LogP contribution is -2.19. The fourth-order valence-electron chi connectivity index (χ4n) is 1.19. The van der Waals surface area contributed by atoms with E-state index < -0.39 is 0 Å². The van der Waals surface area contributed by atoms with E-state index in [1.54, 1.807) is 0 Å². The minimum Gasteiger partial charge on any atom is -0.330 e. The van der Waals surface area contributed by atoms with Crippen LogP contribution in [0.2, 0.25) is 0 Å². The van der Waals surface area contributed by atoms with E-state index in [1.807, 2.05) is 0 Å². The Balaban J connectivity index is 3.40. The molecule has 10 heavy (non-hydrogen) atoms. The highest BCUT2D eigenvalue weighted by Gasteiger charge is 2.09. The molecule has 0 bridgehead atoms. The molecule has 1 atom stereocenters. The fraction of sp³-hybridized carbons (Fsp3) is 1.00. The maximum absolute atomic E-state index is 5.61. The quantitative estimate of drug-likeness (QED) is 0.628. The number of nitrogens with two attached hydrogens (primary N) is 1. The van der Waals surface area contributed by atoms with Crippen LogP contribution in [0.3, 0.4) is 0 Å². The third-order valence-corrected chi connectivity index (χ3v) is 2.17. The second-order valence-corrected chi connectivity index (χ2v) is 3.38. The third kappa shape index (κ3) is 3.89. The number of unbranched alkanes of at least 4 members (excludes halogenated alkanes) is 1. The molecule has 0 aliphatic carbocycles. The Morgan fingerprint density at radius 1 is 1.30 bits per heavy atom. The highest BCUT2D eigenvalue weighted by Crippen LogP contribution is 2.16. The molecule has 0 aromatic carbocycles. The molecule has 0 spiro atoms. The maximum Gasteiger partial charge on any atom is -0.00464 e. The Labute approximate surface area is 65.0 Å². The lowest BCUT2D eigenvalue weighted by atomic mass is 9.91. The van der Waals surface area contributed by atoms with Gasteiger partial charge < -0.3 is 5.73 Å². The molecule has 0 aliphatic heterocycles. The average molecular weight is 143 g/mol. The Kier molecular flexibility index (Phi) is 5.70. The first-order valence-corrected chi connectivity index (χ1v) is 4.42. The van der Waals surface area contributed by atoms with Crippen LogP contribution in [0.5, 0.6) is 0 Å². The molecule has 0 radical (unpaired) electrons. The Bertz CT molecular complexity index is 69.1. The summed E-state index contributed by atoms with van der Waals surface area (Å²) in [6.07, 6.45) is 3.94. The number of hydrogen-bond donors (Lipinski definition) is 1. The van der Waals surface area contributed by atoms with Crippen molar-refractivity contribution in [2.75, 3.05) is 6.54 Å². The van der Waals surface area contributed by atoms with Crippen LogP contribution in [0, 0.1) is 11.8 Å². The summed E-state index contributed by atoms with van der Waals surface area (Å²) >= 11 is 0. The molecular formula is C9H21N. The second-order valence-electron chi connectivity index (χ2n) is 3.38. The molecule has 0 saturated carbocycles. The van der Waals surface area contributed by atoms with Gasteiger partial charge in [-0.3, -0.25) is 0 Å². The van der Waals surface area contributed by atoms with E-state index in [9.17, 15) is 0 Å². The molecule has 1 heteroatoms. The zero-order valence-corrected chi connectivity index (χ0v) is 7.56. The first-order chi connectivity index (χ1) is 4.72. The van der Waals surface area contributed by atoms with Crippen LogP contribution in [-0.4, -0.2) is 6.54 Å². The van der Waals surface area contributed by atoms with Gasteiger partial charge in [-0.15, -0.1) is 0 Å². The van der Waals surface area contributed by atoms with Gasteiger partial charge in [0.25, 0.3) is 0 Å². The van der Waals surface area contributed by atoms with Crippen molar-refractivity contribution in [1.29, 1.82) is 0 Å². The highest BCUT2D eigenvalue weighted by atomic mass is 14.5. The summed E-state index contributed by atoms with van der Waals surface area (Å²) in [7, 11) is 0.